The van der Waals surface area contributed by atoms with Gasteiger partial charge in [-0.05, 0) is 73.0 Å². The number of hydrogen-bond acceptors (Lipinski definition) is 3. The van der Waals surface area contributed by atoms with Gasteiger partial charge in [0.2, 0.25) is 5.91 Å². The van der Waals surface area contributed by atoms with Crippen molar-refractivity contribution in [3.05, 3.63) is 87.1 Å². The van der Waals surface area contributed by atoms with E-state index in [4.69, 9.17) is 0 Å². The van der Waals surface area contributed by atoms with Gasteiger partial charge in [0.25, 0.3) is 0 Å². The average Bonchev–Trinajstić information content (AvgIpc) is 3.20. The molecule has 5 nitrogen and oxygen atoms in total. The molecule has 3 amide bonds. The number of nitrogens with one attached hydrogen (secondary N) is 1. The maximum absolute atomic E-state index is 13.4. The molecule has 3 aromatic rings. The van der Waals surface area contributed by atoms with Gasteiger partial charge in [0.15, 0.2) is 0 Å². The minimum Gasteiger partial charge on any atom is -0.332 e. The smallest absolute Gasteiger partial charge is 0.322 e. The van der Waals surface area contributed by atoms with E-state index < -0.39 is 0 Å². The first-order chi connectivity index (χ1) is 15.9. The predicted molar refractivity (Wildman–Crippen MR) is 137 cm³/mol. The van der Waals surface area contributed by atoms with Crippen molar-refractivity contribution in [3.8, 4) is 0 Å². The molecule has 0 saturated heterocycles. The summed E-state index contributed by atoms with van der Waals surface area (Å²) < 4.78 is 0. The molecule has 0 aliphatic heterocycles. The first-order valence-electron chi connectivity index (χ1n) is 11.3. The Morgan fingerprint density at radius 2 is 1.64 bits per heavy atom. The van der Waals surface area contributed by atoms with Crippen LogP contribution in [0.5, 0.6) is 0 Å². The zero-order chi connectivity index (χ0) is 23.8. The van der Waals surface area contributed by atoms with E-state index in [0.717, 1.165) is 23.2 Å². The van der Waals surface area contributed by atoms with E-state index in [9.17, 15) is 9.59 Å². The molecular formula is C27H33N3O2S. The van der Waals surface area contributed by atoms with Crippen LogP contribution in [-0.4, -0.2) is 34.8 Å². The van der Waals surface area contributed by atoms with Crippen LogP contribution < -0.4 is 5.32 Å². The lowest BCUT2D eigenvalue weighted by Crippen LogP contribution is -2.44. The van der Waals surface area contributed by atoms with Crippen LogP contribution in [0.15, 0.2) is 60.0 Å². The third kappa shape index (κ3) is 6.93. The van der Waals surface area contributed by atoms with Crippen LogP contribution in [0.1, 0.15) is 40.5 Å². The summed E-state index contributed by atoms with van der Waals surface area (Å²) in [4.78, 5) is 31.1. The highest BCUT2D eigenvalue weighted by Crippen LogP contribution is 2.20. The number of hydrogen-bond donors (Lipinski definition) is 1. The highest BCUT2D eigenvalue weighted by Gasteiger charge is 2.22. The van der Waals surface area contributed by atoms with Gasteiger partial charge in [-0.25, -0.2) is 4.79 Å². The topological polar surface area (TPSA) is 52.7 Å². The zero-order valence-electron chi connectivity index (χ0n) is 19.9. The summed E-state index contributed by atoms with van der Waals surface area (Å²) in [5, 5.41) is 5.01. The maximum atomic E-state index is 13.4. The average molecular weight is 464 g/mol. The molecule has 0 bridgehead atoms. The number of anilines is 1. The molecule has 2 aromatic carbocycles. The van der Waals surface area contributed by atoms with Gasteiger partial charge < -0.3 is 15.1 Å². The number of thiophene rings is 1. The normalized spacial score (nSPS) is 10.7. The van der Waals surface area contributed by atoms with E-state index in [-0.39, 0.29) is 18.5 Å². The summed E-state index contributed by atoms with van der Waals surface area (Å²) in [6.45, 7) is 9.74. The molecule has 1 aromatic heterocycles. The highest BCUT2D eigenvalue weighted by molar-refractivity contribution is 7.10. The number of benzene rings is 2. The summed E-state index contributed by atoms with van der Waals surface area (Å²) in [7, 11) is 0. The Kier molecular flexibility index (Phi) is 8.66. The van der Waals surface area contributed by atoms with Crippen LogP contribution in [0.4, 0.5) is 10.5 Å². The fourth-order valence-corrected chi connectivity index (χ4v) is 4.50. The standard InChI is InChI=1S/C27H33N3O2S/c1-5-14-29(27(32)28-24-12-11-20(2)22(4)16-24)19-26(31)30(17-23-9-7-6-8-10-23)18-25-21(3)13-15-33-25/h6-13,15-16H,5,14,17-19H2,1-4H3,(H,28,32). The third-order valence-corrected chi connectivity index (χ3v) is 6.74. The van der Waals surface area contributed by atoms with E-state index in [2.05, 4.69) is 23.7 Å². The second-order valence-electron chi connectivity index (χ2n) is 8.41. The zero-order valence-corrected chi connectivity index (χ0v) is 20.7. The van der Waals surface area contributed by atoms with Crippen LogP contribution >= 0.6 is 11.3 Å². The molecule has 1 N–H and O–H groups in total. The molecule has 174 valence electrons. The highest BCUT2D eigenvalue weighted by atomic mass is 32.1. The van der Waals surface area contributed by atoms with E-state index in [1.807, 2.05) is 74.2 Å². The Labute approximate surface area is 201 Å². The molecule has 33 heavy (non-hydrogen) atoms. The van der Waals surface area contributed by atoms with Crippen LogP contribution in [0.3, 0.4) is 0 Å². The van der Waals surface area contributed by atoms with Crippen LogP contribution in [0, 0.1) is 20.8 Å². The van der Waals surface area contributed by atoms with E-state index in [1.54, 1.807) is 16.2 Å². The SMILES string of the molecule is CCCN(CC(=O)N(Cc1ccccc1)Cc1sccc1C)C(=O)Nc1ccc(C)c(C)c1. The molecule has 0 spiro atoms. The fraction of sp³-hybridized carbons (Fsp3) is 0.333. The Hall–Kier alpha value is -3.12. The van der Waals surface area contributed by atoms with Crippen molar-refractivity contribution < 1.29 is 9.59 Å². The van der Waals surface area contributed by atoms with Gasteiger partial charge in [-0.1, -0.05) is 43.3 Å². The molecular weight excluding hydrogens is 430 g/mol. The van der Waals surface area contributed by atoms with Crippen molar-refractivity contribution in [1.82, 2.24) is 9.80 Å². The second-order valence-corrected chi connectivity index (χ2v) is 9.41. The van der Waals surface area contributed by atoms with E-state index in [1.165, 1.54) is 16.0 Å². The number of urea groups is 1. The molecule has 0 aliphatic rings. The molecule has 0 atom stereocenters. The summed E-state index contributed by atoms with van der Waals surface area (Å²) in [6, 6.07) is 17.7. The van der Waals surface area contributed by atoms with E-state index in [0.29, 0.717) is 19.6 Å². The fourth-order valence-electron chi connectivity index (χ4n) is 3.58. The second kappa shape index (κ2) is 11.7. The number of carbonyl (C=O) groups is 2. The molecule has 1 heterocycles. The largest absolute Gasteiger partial charge is 0.332 e. The van der Waals surface area contributed by atoms with Gasteiger partial charge in [0.05, 0.1) is 6.54 Å². The van der Waals surface area contributed by atoms with Gasteiger partial charge in [-0.3, -0.25) is 4.79 Å². The molecule has 0 unspecified atom stereocenters. The quantitative estimate of drug-likeness (QED) is 0.414. The lowest BCUT2D eigenvalue weighted by molar-refractivity contribution is -0.133. The summed E-state index contributed by atoms with van der Waals surface area (Å²) >= 11 is 1.66. The lowest BCUT2D eigenvalue weighted by atomic mass is 10.1. The van der Waals surface area contributed by atoms with Crippen molar-refractivity contribution in [1.29, 1.82) is 0 Å². The van der Waals surface area contributed by atoms with Crippen molar-refractivity contribution in [2.45, 2.75) is 47.2 Å². The van der Waals surface area contributed by atoms with Crippen molar-refractivity contribution in [2.75, 3.05) is 18.4 Å². The molecule has 0 fully saturated rings. The monoisotopic (exact) mass is 463 g/mol. The molecule has 0 saturated carbocycles. The van der Waals surface area contributed by atoms with Gasteiger partial charge in [-0.2, -0.15) is 0 Å². The van der Waals surface area contributed by atoms with Crippen molar-refractivity contribution in [2.24, 2.45) is 0 Å². The lowest BCUT2D eigenvalue weighted by Gasteiger charge is -2.28. The molecule has 0 radical (unpaired) electrons. The van der Waals surface area contributed by atoms with E-state index >= 15 is 0 Å². The van der Waals surface area contributed by atoms with Crippen LogP contribution in [0.25, 0.3) is 0 Å². The maximum Gasteiger partial charge on any atom is 0.322 e. The Morgan fingerprint density at radius 3 is 2.27 bits per heavy atom. The Balaban J connectivity index is 1.75. The number of rotatable bonds is 9. The molecule has 6 heteroatoms. The first-order valence-corrected chi connectivity index (χ1v) is 12.2. The molecule has 3 rings (SSSR count). The van der Waals surface area contributed by atoms with Crippen LogP contribution in [0.2, 0.25) is 0 Å². The Bertz CT molecular complexity index is 1080. The summed E-state index contributed by atoms with van der Waals surface area (Å²) in [6.07, 6.45) is 0.774. The number of aryl methyl sites for hydroxylation is 3. The van der Waals surface area contributed by atoms with Crippen molar-refractivity contribution >= 4 is 29.0 Å². The van der Waals surface area contributed by atoms with Gasteiger partial charge in [-0.15, -0.1) is 11.3 Å². The minimum atomic E-state index is -0.250. The minimum absolute atomic E-state index is 0.0434. The van der Waals surface area contributed by atoms with Gasteiger partial charge in [0, 0.05) is 23.7 Å². The third-order valence-electron chi connectivity index (χ3n) is 5.74. The number of nitrogens with zero attached hydrogens (tertiary/aromatic N) is 2. The van der Waals surface area contributed by atoms with Crippen molar-refractivity contribution in [3.63, 3.8) is 0 Å². The van der Waals surface area contributed by atoms with Gasteiger partial charge in [0.1, 0.15) is 6.54 Å². The molecule has 0 aliphatic carbocycles. The summed E-state index contributed by atoms with van der Waals surface area (Å²) in [5.74, 6) is -0.0599. The predicted octanol–water partition coefficient (Wildman–Crippen LogP) is 6.15. The first kappa shape index (κ1) is 24.5. The number of carbonyl (C=O) groups excluding carboxylic acids is 2. The van der Waals surface area contributed by atoms with Gasteiger partial charge >= 0.3 is 6.03 Å². The Morgan fingerprint density at radius 1 is 0.879 bits per heavy atom. The summed E-state index contributed by atoms with van der Waals surface area (Å²) in [5.41, 5.74) is 5.29. The van der Waals surface area contributed by atoms with Crippen LogP contribution in [-0.2, 0) is 17.9 Å². The number of amides is 3.